The number of methoxy groups -OCH3 is 1. The van der Waals surface area contributed by atoms with Crippen LogP contribution in [0.1, 0.15) is 70.8 Å². The molecule has 2 saturated carbocycles. The van der Waals surface area contributed by atoms with Gasteiger partial charge in [-0.05, 0) is 70.1 Å². The number of hydrogen-bond donors (Lipinski definition) is 2. The Morgan fingerprint density at radius 3 is 2.58 bits per heavy atom. The van der Waals surface area contributed by atoms with Gasteiger partial charge in [0.05, 0.1) is 18.0 Å². The molecule has 45 heavy (non-hydrogen) atoms. The molecule has 4 atom stereocenters. The molecule has 0 spiro atoms. The van der Waals surface area contributed by atoms with Crippen LogP contribution in [0.4, 0.5) is 4.79 Å². The van der Waals surface area contributed by atoms with Gasteiger partial charge in [0.2, 0.25) is 15.9 Å². The minimum absolute atomic E-state index is 0.0307. The Morgan fingerprint density at radius 1 is 1.13 bits per heavy atom. The van der Waals surface area contributed by atoms with Gasteiger partial charge in [0.25, 0.3) is 5.91 Å². The van der Waals surface area contributed by atoms with E-state index in [1.807, 2.05) is 43.3 Å². The standard InChI is InChI=1S/C32H46N4O8S/c1-4-43-22-44-26-18-27-28(37)33-32(29(38)34-45(40,41)31(2)15-16-31)19-24(32)10-8-6-5-7-9-17-35(30(39)36(27)21-26)20-23-11-13-25(42-3)14-12-23/h8,10-14,24,26-27H,4-7,9,15-22H2,1-3H3,(H,33,37)(H,34,38)/t24-,26-,27+,32-/m1/s1. The maximum atomic E-state index is 14.2. The SMILES string of the molecule is CCOCO[C@@H]1C[C@H]2C(=O)N[C@]3(C(=O)NS(=O)(=O)C4(C)CC4)C[C@H]3C=CCCCCCN(Cc3ccc(OC)cc3)C(=O)N2C1. The quantitative estimate of drug-likeness (QED) is 0.224. The van der Waals surface area contributed by atoms with Gasteiger partial charge in [-0.25, -0.2) is 13.2 Å². The third kappa shape index (κ3) is 7.47. The molecular formula is C32H46N4O8S. The Hall–Kier alpha value is -3.16. The van der Waals surface area contributed by atoms with Gasteiger partial charge < -0.3 is 29.3 Å². The highest BCUT2D eigenvalue weighted by atomic mass is 32.2. The van der Waals surface area contributed by atoms with E-state index in [9.17, 15) is 22.8 Å². The molecule has 12 nitrogen and oxygen atoms in total. The molecule has 4 aliphatic rings. The first-order valence-electron chi connectivity index (χ1n) is 16.0. The molecule has 1 aromatic rings. The Kier molecular flexibility index (Phi) is 10.1. The molecule has 2 aliphatic carbocycles. The van der Waals surface area contributed by atoms with Gasteiger partial charge in [-0.2, -0.15) is 0 Å². The lowest BCUT2D eigenvalue weighted by Crippen LogP contribution is -2.58. The summed E-state index contributed by atoms with van der Waals surface area (Å²) in [7, 11) is -2.31. The Labute approximate surface area is 265 Å². The smallest absolute Gasteiger partial charge is 0.321 e. The predicted molar refractivity (Wildman–Crippen MR) is 167 cm³/mol. The van der Waals surface area contributed by atoms with E-state index < -0.39 is 44.3 Å². The van der Waals surface area contributed by atoms with Crippen LogP contribution < -0.4 is 14.8 Å². The number of carbonyl (C=O) groups excluding carboxylic acids is 3. The highest BCUT2D eigenvalue weighted by molar-refractivity contribution is 7.91. The molecule has 3 fully saturated rings. The first-order chi connectivity index (χ1) is 21.5. The zero-order chi connectivity index (χ0) is 32.2. The average Bonchev–Trinajstić information content (AvgIpc) is 3.89. The molecule has 5 rings (SSSR count). The van der Waals surface area contributed by atoms with E-state index in [0.29, 0.717) is 32.5 Å². The minimum atomic E-state index is -3.91. The molecular weight excluding hydrogens is 600 g/mol. The first-order valence-corrected chi connectivity index (χ1v) is 17.4. The van der Waals surface area contributed by atoms with Crippen LogP contribution in [0.15, 0.2) is 36.4 Å². The van der Waals surface area contributed by atoms with E-state index >= 15 is 0 Å². The molecule has 1 saturated heterocycles. The molecule has 0 unspecified atom stereocenters. The number of carbonyl (C=O) groups is 3. The van der Waals surface area contributed by atoms with E-state index in [-0.39, 0.29) is 38.1 Å². The zero-order valence-corrected chi connectivity index (χ0v) is 27.3. The van der Waals surface area contributed by atoms with Gasteiger partial charge in [-0.15, -0.1) is 0 Å². The first kappa shape index (κ1) is 33.2. The van der Waals surface area contributed by atoms with Crippen molar-refractivity contribution in [3.8, 4) is 5.75 Å². The Balaban J connectivity index is 1.41. The van der Waals surface area contributed by atoms with E-state index in [1.54, 1.807) is 18.9 Å². The topological polar surface area (TPSA) is 144 Å². The molecule has 4 amide bonds. The number of urea groups is 1. The number of sulfonamides is 1. The molecule has 1 aromatic carbocycles. The third-order valence-electron chi connectivity index (χ3n) is 9.47. The van der Waals surface area contributed by atoms with Crippen molar-refractivity contribution in [1.29, 1.82) is 0 Å². The van der Waals surface area contributed by atoms with E-state index in [2.05, 4.69) is 10.0 Å². The lowest BCUT2D eigenvalue weighted by atomic mass is 10.1. The number of nitrogens with one attached hydrogen (secondary N) is 2. The molecule has 248 valence electrons. The molecule has 0 radical (unpaired) electrons. The summed E-state index contributed by atoms with van der Waals surface area (Å²) in [4.78, 5) is 45.1. The highest BCUT2D eigenvalue weighted by Crippen LogP contribution is 2.47. The van der Waals surface area contributed by atoms with E-state index in [0.717, 1.165) is 37.0 Å². The van der Waals surface area contributed by atoms with Gasteiger partial charge in [-0.3, -0.25) is 14.3 Å². The lowest BCUT2D eigenvalue weighted by Gasteiger charge is -2.32. The second-order valence-electron chi connectivity index (χ2n) is 12.8. The van der Waals surface area contributed by atoms with Crippen molar-refractivity contribution < 1.29 is 37.0 Å². The Bertz CT molecular complexity index is 1380. The van der Waals surface area contributed by atoms with Gasteiger partial charge in [-0.1, -0.05) is 30.7 Å². The van der Waals surface area contributed by atoms with Gasteiger partial charge in [0.1, 0.15) is 24.1 Å². The van der Waals surface area contributed by atoms with Crippen LogP contribution in [0, 0.1) is 5.92 Å². The van der Waals surface area contributed by atoms with Crippen LogP contribution in [0.2, 0.25) is 0 Å². The monoisotopic (exact) mass is 646 g/mol. The number of allylic oxidation sites excluding steroid dienone is 1. The van der Waals surface area contributed by atoms with E-state index in [1.165, 1.54) is 4.90 Å². The van der Waals surface area contributed by atoms with Crippen LogP contribution in [0.25, 0.3) is 0 Å². The van der Waals surface area contributed by atoms with Gasteiger partial charge >= 0.3 is 6.03 Å². The van der Waals surface area contributed by atoms with Crippen molar-refractivity contribution in [1.82, 2.24) is 19.8 Å². The van der Waals surface area contributed by atoms with E-state index in [4.69, 9.17) is 14.2 Å². The molecule has 2 N–H and O–H groups in total. The Morgan fingerprint density at radius 2 is 1.89 bits per heavy atom. The predicted octanol–water partition coefficient (Wildman–Crippen LogP) is 3.07. The number of rotatable bonds is 10. The number of amides is 4. The second kappa shape index (κ2) is 13.7. The fourth-order valence-corrected chi connectivity index (χ4v) is 7.36. The maximum absolute atomic E-state index is 14.2. The van der Waals surface area contributed by atoms with Crippen LogP contribution in [0.3, 0.4) is 0 Å². The summed E-state index contributed by atoms with van der Waals surface area (Å²) in [6.45, 7) is 5.00. The summed E-state index contributed by atoms with van der Waals surface area (Å²) in [5.74, 6) is -0.873. The molecule has 13 heteroatoms. The summed E-state index contributed by atoms with van der Waals surface area (Å²) in [5, 5.41) is 2.91. The molecule has 2 aliphatic heterocycles. The fourth-order valence-electron chi connectivity index (χ4n) is 6.05. The number of ether oxygens (including phenoxy) is 3. The lowest BCUT2D eigenvalue weighted by molar-refractivity contribution is -0.131. The van der Waals surface area contributed by atoms with Crippen LogP contribution in [0.5, 0.6) is 5.75 Å². The van der Waals surface area contributed by atoms with Crippen molar-refractivity contribution in [3.63, 3.8) is 0 Å². The summed E-state index contributed by atoms with van der Waals surface area (Å²) in [5.41, 5.74) is -0.482. The number of benzene rings is 1. The van der Waals surface area contributed by atoms with Crippen molar-refractivity contribution in [2.75, 3.05) is 33.6 Å². The van der Waals surface area contributed by atoms with Crippen molar-refractivity contribution in [2.45, 2.75) is 94.2 Å². The average molecular weight is 647 g/mol. The van der Waals surface area contributed by atoms with Crippen molar-refractivity contribution in [3.05, 3.63) is 42.0 Å². The molecule has 0 aromatic heterocycles. The number of hydrogen-bond acceptors (Lipinski definition) is 8. The zero-order valence-electron chi connectivity index (χ0n) is 26.5. The molecule has 0 bridgehead atoms. The van der Waals surface area contributed by atoms with Crippen molar-refractivity contribution >= 4 is 27.9 Å². The minimum Gasteiger partial charge on any atom is -0.497 e. The fraction of sp³-hybridized carbons (Fsp3) is 0.656. The largest absolute Gasteiger partial charge is 0.497 e. The van der Waals surface area contributed by atoms with Crippen LogP contribution in [-0.4, -0.2) is 92.1 Å². The van der Waals surface area contributed by atoms with Crippen LogP contribution in [-0.2, 0) is 35.6 Å². The normalized spacial score (nSPS) is 28.3. The number of fused-ring (bicyclic) bond motifs is 2. The summed E-state index contributed by atoms with van der Waals surface area (Å²) >= 11 is 0. The number of nitrogens with zero attached hydrogens (tertiary/aromatic N) is 2. The highest BCUT2D eigenvalue weighted by Gasteiger charge is 2.63. The third-order valence-corrected chi connectivity index (χ3v) is 11.6. The van der Waals surface area contributed by atoms with Crippen LogP contribution >= 0.6 is 0 Å². The molecule has 2 heterocycles. The maximum Gasteiger partial charge on any atom is 0.321 e. The van der Waals surface area contributed by atoms with Crippen molar-refractivity contribution in [2.24, 2.45) is 5.92 Å². The van der Waals surface area contributed by atoms with Gasteiger partial charge in [0.15, 0.2) is 0 Å². The van der Waals surface area contributed by atoms with Gasteiger partial charge in [0, 0.05) is 38.6 Å². The second-order valence-corrected chi connectivity index (χ2v) is 15.0. The summed E-state index contributed by atoms with van der Waals surface area (Å²) in [6.07, 6.45) is 8.27. The summed E-state index contributed by atoms with van der Waals surface area (Å²) in [6, 6.07) is 6.32. The summed E-state index contributed by atoms with van der Waals surface area (Å²) < 4.78 is 43.8.